The average molecular weight is 339 g/mol. The summed E-state index contributed by atoms with van der Waals surface area (Å²) >= 11 is 0. The Hall–Kier alpha value is -1.52. The Morgan fingerprint density at radius 2 is 2.04 bits per heavy atom. The number of rotatable bonds is 7. The summed E-state index contributed by atoms with van der Waals surface area (Å²) in [6.07, 6.45) is 3.55. The van der Waals surface area contributed by atoms with E-state index in [0.29, 0.717) is 25.5 Å². The minimum absolute atomic E-state index is 0. The van der Waals surface area contributed by atoms with E-state index < -0.39 is 0 Å². The van der Waals surface area contributed by atoms with Crippen molar-refractivity contribution in [1.29, 1.82) is 0 Å². The molecule has 0 bridgehead atoms. The van der Waals surface area contributed by atoms with Gasteiger partial charge in [0, 0.05) is 13.1 Å². The Balaban J connectivity index is 0.00000264. The second kappa shape index (κ2) is 10.3. The second-order valence-corrected chi connectivity index (χ2v) is 5.92. The lowest BCUT2D eigenvalue weighted by atomic mass is 10.0. The Labute approximate surface area is 145 Å². The highest BCUT2D eigenvalue weighted by atomic mass is 35.5. The van der Waals surface area contributed by atoms with Crippen LogP contribution in [-0.2, 0) is 4.79 Å². The molecule has 0 fully saturated rings. The molecular weight excluding hydrogens is 312 g/mol. The van der Waals surface area contributed by atoms with E-state index in [9.17, 15) is 4.79 Å². The molecule has 1 aliphatic heterocycles. The number of amides is 1. The van der Waals surface area contributed by atoms with Crippen LogP contribution in [0.3, 0.4) is 0 Å². The summed E-state index contributed by atoms with van der Waals surface area (Å²) in [5, 5.41) is 6.20. The molecule has 1 aromatic carbocycles. The Kier molecular flexibility index (Phi) is 8.74. The van der Waals surface area contributed by atoms with Crippen LogP contribution in [0.25, 0.3) is 0 Å². The fraction of sp³-hybridized carbons (Fsp3) is 0.500. The van der Waals surface area contributed by atoms with E-state index in [1.165, 1.54) is 11.1 Å². The van der Waals surface area contributed by atoms with Gasteiger partial charge in [-0.2, -0.15) is 0 Å². The van der Waals surface area contributed by atoms with Gasteiger partial charge in [-0.25, -0.2) is 0 Å². The van der Waals surface area contributed by atoms with Crippen molar-refractivity contribution in [3.63, 3.8) is 0 Å². The quantitative estimate of drug-likeness (QED) is 0.751. The molecule has 2 N–H and O–H groups in total. The Morgan fingerprint density at radius 3 is 2.65 bits per heavy atom. The van der Waals surface area contributed by atoms with Crippen molar-refractivity contribution >= 4 is 18.3 Å². The number of halogens is 1. The number of benzene rings is 1. The summed E-state index contributed by atoms with van der Waals surface area (Å²) in [4.78, 5) is 11.8. The lowest BCUT2D eigenvalue weighted by Crippen LogP contribution is -2.30. The molecule has 2 rings (SSSR count). The third-order valence-electron chi connectivity index (χ3n) is 3.82. The first-order valence-electron chi connectivity index (χ1n) is 8.03. The van der Waals surface area contributed by atoms with Crippen LogP contribution in [-0.4, -0.2) is 32.1 Å². The van der Waals surface area contributed by atoms with Crippen LogP contribution >= 0.6 is 12.4 Å². The first kappa shape index (κ1) is 19.5. The lowest BCUT2D eigenvalue weighted by molar-refractivity contribution is -0.121. The van der Waals surface area contributed by atoms with Crippen LogP contribution in [0.2, 0.25) is 0 Å². The van der Waals surface area contributed by atoms with E-state index in [0.717, 1.165) is 25.3 Å². The molecule has 0 saturated carbocycles. The van der Waals surface area contributed by atoms with E-state index in [4.69, 9.17) is 4.74 Å². The molecule has 4 nitrogen and oxygen atoms in total. The Bertz CT molecular complexity index is 512. The number of hydrogen-bond donors (Lipinski definition) is 2. The zero-order valence-electron chi connectivity index (χ0n) is 13.9. The molecule has 0 unspecified atom stereocenters. The Morgan fingerprint density at radius 1 is 1.30 bits per heavy atom. The number of nitrogens with one attached hydrogen (secondary N) is 2. The number of ether oxygens (including phenoxy) is 1. The summed E-state index contributed by atoms with van der Waals surface area (Å²) in [5.41, 5.74) is 2.60. The third-order valence-corrected chi connectivity index (χ3v) is 3.82. The minimum atomic E-state index is 0. The first-order valence-corrected chi connectivity index (χ1v) is 8.03. The molecule has 23 heavy (non-hydrogen) atoms. The van der Waals surface area contributed by atoms with Gasteiger partial charge in [0.2, 0.25) is 5.91 Å². The van der Waals surface area contributed by atoms with Crippen molar-refractivity contribution in [1.82, 2.24) is 10.6 Å². The summed E-state index contributed by atoms with van der Waals surface area (Å²) in [6, 6.07) is 8.08. The van der Waals surface area contributed by atoms with Gasteiger partial charge >= 0.3 is 0 Å². The van der Waals surface area contributed by atoms with E-state index >= 15 is 0 Å². The van der Waals surface area contributed by atoms with Crippen molar-refractivity contribution in [2.45, 2.75) is 32.6 Å². The van der Waals surface area contributed by atoms with E-state index in [1.807, 2.05) is 12.1 Å². The van der Waals surface area contributed by atoms with Gasteiger partial charge in [0.1, 0.15) is 5.75 Å². The van der Waals surface area contributed by atoms with Crippen molar-refractivity contribution in [2.24, 2.45) is 0 Å². The van der Waals surface area contributed by atoms with Crippen LogP contribution in [0.1, 0.15) is 38.2 Å². The van der Waals surface area contributed by atoms with E-state index in [1.54, 1.807) is 0 Å². The molecule has 0 atom stereocenters. The third kappa shape index (κ3) is 7.06. The van der Waals surface area contributed by atoms with Gasteiger partial charge in [0.05, 0.1) is 13.0 Å². The van der Waals surface area contributed by atoms with Gasteiger partial charge < -0.3 is 15.4 Å². The molecule has 1 aromatic rings. The summed E-state index contributed by atoms with van der Waals surface area (Å²) in [7, 11) is 0. The monoisotopic (exact) mass is 338 g/mol. The number of carbonyl (C=O) groups is 1. The van der Waals surface area contributed by atoms with E-state index in [-0.39, 0.29) is 18.3 Å². The first-order chi connectivity index (χ1) is 10.6. The fourth-order valence-corrected chi connectivity index (χ4v) is 2.34. The highest BCUT2D eigenvalue weighted by molar-refractivity contribution is 5.85. The van der Waals surface area contributed by atoms with Crippen LogP contribution in [0, 0.1) is 0 Å². The zero-order valence-corrected chi connectivity index (χ0v) is 14.7. The molecule has 128 valence electrons. The molecule has 0 saturated heterocycles. The van der Waals surface area contributed by atoms with Crippen molar-refractivity contribution < 1.29 is 9.53 Å². The summed E-state index contributed by atoms with van der Waals surface area (Å²) in [6.45, 7) is 7.30. The maximum atomic E-state index is 11.8. The van der Waals surface area contributed by atoms with Crippen LogP contribution in [0.15, 0.2) is 35.9 Å². The topological polar surface area (TPSA) is 50.4 Å². The van der Waals surface area contributed by atoms with Crippen LogP contribution in [0.4, 0.5) is 0 Å². The molecule has 1 heterocycles. The zero-order chi connectivity index (χ0) is 15.8. The van der Waals surface area contributed by atoms with Gasteiger partial charge in [-0.15, -0.1) is 12.4 Å². The molecule has 1 aliphatic rings. The normalized spacial score (nSPS) is 14.0. The SMILES string of the molecule is CC(C)c1ccc(OCCC(=O)NCC2=CCNCC2)cc1.Cl. The van der Waals surface area contributed by atoms with Crippen molar-refractivity contribution in [2.75, 3.05) is 26.2 Å². The fourth-order valence-electron chi connectivity index (χ4n) is 2.34. The van der Waals surface area contributed by atoms with Gasteiger partial charge in [-0.3, -0.25) is 4.79 Å². The number of hydrogen-bond acceptors (Lipinski definition) is 3. The van der Waals surface area contributed by atoms with E-state index in [2.05, 4.69) is 42.7 Å². The molecule has 5 heteroatoms. The highest BCUT2D eigenvalue weighted by Gasteiger charge is 2.06. The maximum absolute atomic E-state index is 11.8. The van der Waals surface area contributed by atoms with Crippen LogP contribution in [0.5, 0.6) is 5.75 Å². The number of carbonyl (C=O) groups excluding carboxylic acids is 1. The van der Waals surface area contributed by atoms with Crippen molar-refractivity contribution in [3.05, 3.63) is 41.5 Å². The summed E-state index contributed by atoms with van der Waals surface area (Å²) in [5.74, 6) is 1.38. The van der Waals surface area contributed by atoms with Gasteiger partial charge in [0.15, 0.2) is 0 Å². The van der Waals surface area contributed by atoms with Crippen LogP contribution < -0.4 is 15.4 Å². The summed E-state index contributed by atoms with van der Waals surface area (Å²) < 4.78 is 5.62. The van der Waals surface area contributed by atoms with Gasteiger partial charge in [-0.1, -0.05) is 37.6 Å². The molecule has 0 aromatic heterocycles. The molecule has 1 amide bonds. The second-order valence-electron chi connectivity index (χ2n) is 5.92. The average Bonchev–Trinajstić information content (AvgIpc) is 2.54. The molecule has 0 aliphatic carbocycles. The predicted molar refractivity (Wildman–Crippen MR) is 96.5 cm³/mol. The molecular formula is C18H27ClN2O2. The van der Waals surface area contributed by atoms with Gasteiger partial charge in [-0.05, 0) is 36.6 Å². The predicted octanol–water partition coefficient (Wildman–Crippen LogP) is 3.04. The highest BCUT2D eigenvalue weighted by Crippen LogP contribution is 2.18. The lowest BCUT2D eigenvalue weighted by Gasteiger charge is -2.14. The van der Waals surface area contributed by atoms with Gasteiger partial charge in [0.25, 0.3) is 0 Å². The van der Waals surface area contributed by atoms with Crippen molar-refractivity contribution in [3.8, 4) is 5.75 Å². The maximum Gasteiger partial charge on any atom is 0.223 e. The molecule has 0 radical (unpaired) electrons. The molecule has 0 spiro atoms. The minimum Gasteiger partial charge on any atom is -0.493 e. The largest absolute Gasteiger partial charge is 0.493 e. The standard InChI is InChI=1S/C18H26N2O2.ClH/c1-14(2)16-3-5-17(6-4-16)22-12-9-18(21)20-13-15-7-10-19-11-8-15;/h3-7,14,19H,8-13H2,1-2H3,(H,20,21);1H. The smallest absolute Gasteiger partial charge is 0.223 e.